The molecule has 1 aliphatic heterocycles. The van der Waals surface area contributed by atoms with Gasteiger partial charge in [-0.2, -0.15) is 0 Å². The second-order valence-corrected chi connectivity index (χ2v) is 17.0. The third-order valence-electron chi connectivity index (χ3n) is 8.18. The molecule has 0 radical (unpaired) electrons. The van der Waals surface area contributed by atoms with Crippen molar-refractivity contribution in [1.29, 1.82) is 0 Å². The Morgan fingerprint density at radius 2 is 1.45 bits per heavy atom. The van der Waals surface area contributed by atoms with Gasteiger partial charge in [-0.15, -0.1) is 0 Å². The van der Waals surface area contributed by atoms with E-state index in [2.05, 4.69) is 99.6 Å². The van der Waals surface area contributed by atoms with Crippen molar-refractivity contribution in [3.05, 3.63) is 35.9 Å². The van der Waals surface area contributed by atoms with Gasteiger partial charge < -0.3 is 4.43 Å². The highest BCUT2D eigenvalue weighted by Crippen LogP contribution is 2.62. The molecule has 0 aromatic heterocycles. The molecule has 29 heavy (non-hydrogen) atoms. The SMILES string of the molecule is CCB(CC)[C@@H]1[C@@H](CC)C[Si](C(C)(C)C)(C(C)(C)C)O[C@H](c2ccccc2)[C@H]1C. The molecule has 1 saturated heterocycles. The van der Waals surface area contributed by atoms with Crippen LogP contribution in [0.1, 0.15) is 87.3 Å². The van der Waals surface area contributed by atoms with Gasteiger partial charge in [0.1, 0.15) is 6.71 Å². The van der Waals surface area contributed by atoms with E-state index >= 15 is 0 Å². The molecule has 1 nitrogen and oxygen atoms in total. The van der Waals surface area contributed by atoms with Crippen LogP contribution >= 0.6 is 0 Å². The van der Waals surface area contributed by atoms with Crippen LogP contribution in [0.4, 0.5) is 0 Å². The van der Waals surface area contributed by atoms with E-state index in [9.17, 15) is 0 Å². The maximum absolute atomic E-state index is 7.57. The van der Waals surface area contributed by atoms with Gasteiger partial charge in [-0.25, -0.2) is 0 Å². The number of benzene rings is 1. The normalized spacial score (nSPS) is 28.1. The lowest BCUT2D eigenvalue weighted by atomic mass is 9.33. The fourth-order valence-electron chi connectivity index (χ4n) is 6.68. The fraction of sp³-hybridized carbons (Fsp3) is 0.769. The lowest BCUT2D eigenvalue weighted by molar-refractivity contribution is 0.117. The molecule has 0 spiro atoms. The summed E-state index contributed by atoms with van der Waals surface area (Å²) >= 11 is 0. The van der Waals surface area contributed by atoms with Gasteiger partial charge in [0.25, 0.3) is 0 Å². The molecular formula is C26H47BOSi. The van der Waals surface area contributed by atoms with Gasteiger partial charge in [-0.3, -0.25) is 0 Å². The summed E-state index contributed by atoms with van der Waals surface area (Å²) in [6.45, 7) is 25.3. The molecule has 1 fully saturated rings. The van der Waals surface area contributed by atoms with Crippen LogP contribution in [-0.2, 0) is 4.43 Å². The second-order valence-electron chi connectivity index (χ2n) is 11.7. The van der Waals surface area contributed by atoms with Gasteiger partial charge >= 0.3 is 0 Å². The molecule has 1 aromatic rings. The summed E-state index contributed by atoms with van der Waals surface area (Å²) in [5.41, 5.74) is 1.39. The van der Waals surface area contributed by atoms with Crippen LogP contribution in [0.25, 0.3) is 0 Å². The molecule has 4 atom stereocenters. The predicted molar refractivity (Wildman–Crippen MR) is 134 cm³/mol. The number of rotatable bonds is 5. The highest BCUT2D eigenvalue weighted by Gasteiger charge is 2.60. The first-order valence-electron chi connectivity index (χ1n) is 12.2. The topological polar surface area (TPSA) is 9.23 Å². The van der Waals surface area contributed by atoms with Gasteiger partial charge in [-0.05, 0) is 33.5 Å². The molecule has 0 bridgehead atoms. The van der Waals surface area contributed by atoms with Crippen molar-refractivity contribution in [3.8, 4) is 0 Å². The van der Waals surface area contributed by atoms with Crippen molar-refractivity contribution in [1.82, 2.24) is 0 Å². The van der Waals surface area contributed by atoms with Crippen molar-refractivity contribution in [2.24, 2.45) is 11.8 Å². The van der Waals surface area contributed by atoms with E-state index in [1.54, 1.807) is 0 Å². The summed E-state index contributed by atoms with van der Waals surface area (Å²) in [6.07, 6.45) is 4.05. The molecule has 2 rings (SSSR count). The van der Waals surface area contributed by atoms with Crippen molar-refractivity contribution in [3.63, 3.8) is 0 Å². The van der Waals surface area contributed by atoms with Crippen LogP contribution < -0.4 is 0 Å². The quantitative estimate of drug-likeness (QED) is 0.437. The van der Waals surface area contributed by atoms with Crippen LogP contribution in [0.5, 0.6) is 0 Å². The summed E-state index contributed by atoms with van der Waals surface area (Å²) in [6, 6.07) is 12.4. The Balaban J connectivity index is 2.73. The molecule has 0 amide bonds. The first-order chi connectivity index (χ1) is 13.4. The van der Waals surface area contributed by atoms with Crippen molar-refractivity contribution < 1.29 is 4.43 Å². The van der Waals surface area contributed by atoms with E-state index in [0.717, 1.165) is 18.4 Å². The lowest BCUT2D eigenvalue weighted by Crippen LogP contribution is -2.55. The van der Waals surface area contributed by atoms with Gasteiger partial charge in [-0.1, -0.05) is 124 Å². The predicted octanol–water partition coefficient (Wildman–Crippen LogP) is 8.87. The minimum atomic E-state index is -2.12. The Bertz CT molecular complexity index is 612. The van der Waals surface area contributed by atoms with Crippen LogP contribution in [0.2, 0.25) is 34.6 Å². The zero-order valence-corrected chi connectivity index (χ0v) is 22.0. The lowest BCUT2D eigenvalue weighted by Gasteiger charge is -2.52. The number of hydrogen-bond donors (Lipinski definition) is 0. The Hall–Kier alpha value is -0.538. The molecular weight excluding hydrogens is 367 g/mol. The molecule has 0 N–H and O–H groups in total. The molecule has 1 aliphatic rings. The molecule has 0 aliphatic carbocycles. The summed E-state index contributed by atoms with van der Waals surface area (Å²) in [4.78, 5) is 0. The maximum atomic E-state index is 7.57. The molecule has 0 saturated carbocycles. The summed E-state index contributed by atoms with van der Waals surface area (Å²) in [5, 5.41) is 0.405. The fourth-order valence-corrected chi connectivity index (χ4v) is 13.0. The van der Waals surface area contributed by atoms with Gasteiger partial charge in [0.05, 0.1) is 6.10 Å². The Morgan fingerprint density at radius 1 is 0.931 bits per heavy atom. The summed E-state index contributed by atoms with van der Waals surface area (Å²) in [5.74, 6) is 2.04. The zero-order chi connectivity index (χ0) is 22.0. The summed E-state index contributed by atoms with van der Waals surface area (Å²) < 4.78 is 7.57. The highest BCUT2D eigenvalue weighted by atomic mass is 28.4. The Morgan fingerprint density at radius 3 is 1.86 bits per heavy atom. The van der Waals surface area contributed by atoms with Gasteiger partial charge in [0.15, 0.2) is 0 Å². The zero-order valence-electron chi connectivity index (χ0n) is 21.0. The Kier molecular flexibility index (Phi) is 7.93. The Labute approximate surface area is 183 Å². The van der Waals surface area contributed by atoms with E-state index in [0.29, 0.717) is 5.92 Å². The third-order valence-corrected chi connectivity index (χ3v) is 14.8. The van der Waals surface area contributed by atoms with E-state index in [1.165, 1.54) is 30.7 Å². The van der Waals surface area contributed by atoms with Crippen LogP contribution in [-0.4, -0.2) is 15.0 Å². The molecule has 3 heteroatoms. The monoisotopic (exact) mass is 414 g/mol. The van der Waals surface area contributed by atoms with E-state index < -0.39 is 8.32 Å². The molecule has 0 unspecified atom stereocenters. The number of hydrogen-bond acceptors (Lipinski definition) is 1. The minimum absolute atomic E-state index is 0.203. The van der Waals surface area contributed by atoms with Gasteiger partial charge in [0.2, 0.25) is 8.32 Å². The molecule has 164 valence electrons. The van der Waals surface area contributed by atoms with Crippen LogP contribution in [0.3, 0.4) is 0 Å². The first kappa shape index (κ1) is 24.7. The maximum Gasteiger partial charge on any atom is 0.204 e. The summed E-state index contributed by atoms with van der Waals surface area (Å²) in [7, 11) is -2.12. The van der Waals surface area contributed by atoms with Crippen molar-refractivity contribution in [2.45, 2.75) is 116 Å². The first-order valence-corrected chi connectivity index (χ1v) is 14.3. The largest absolute Gasteiger partial charge is 0.409 e. The second kappa shape index (κ2) is 9.30. The van der Waals surface area contributed by atoms with Crippen LogP contribution in [0.15, 0.2) is 30.3 Å². The standard InChI is InChI=1S/C26H47BOSi/c1-11-21-19-29(25(5,6)7,26(8,9)10)28-24(22-17-15-14-16-18-22)20(4)23(21)27(12-2)13-3/h14-18,20-21,23-24H,11-13,19H2,1-10H3/t20-,21-,23-,24-/m0/s1. The third kappa shape index (κ3) is 4.71. The average molecular weight is 415 g/mol. The average Bonchev–Trinajstić information content (AvgIpc) is 2.78. The minimum Gasteiger partial charge on any atom is -0.409 e. The molecule has 1 heterocycles. The molecule has 1 aromatic carbocycles. The smallest absolute Gasteiger partial charge is 0.204 e. The van der Waals surface area contributed by atoms with E-state index in [-0.39, 0.29) is 16.2 Å². The van der Waals surface area contributed by atoms with Crippen molar-refractivity contribution >= 4 is 15.0 Å². The van der Waals surface area contributed by atoms with Crippen molar-refractivity contribution in [2.75, 3.05) is 0 Å². The highest BCUT2D eigenvalue weighted by molar-refractivity contribution is 6.79. The van der Waals surface area contributed by atoms with Crippen LogP contribution in [0, 0.1) is 11.8 Å². The van der Waals surface area contributed by atoms with E-state index in [4.69, 9.17) is 4.43 Å². The van der Waals surface area contributed by atoms with E-state index in [1.807, 2.05) is 0 Å². The van der Waals surface area contributed by atoms with Gasteiger partial charge in [0, 0.05) is 0 Å².